The maximum absolute atomic E-state index is 12.3. The molecule has 4 nitrogen and oxygen atoms in total. The molecule has 0 unspecified atom stereocenters. The fourth-order valence-electron chi connectivity index (χ4n) is 3.13. The van der Waals surface area contributed by atoms with Crippen LogP contribution in [0.2, 0.25) is 0 Å². The SMILES string of the molecule is Cc1ccc(-c2cc(CNC(=O)Cc3ccc(-c4ccccc4)cc3)no2)cc1. The van der Waals surface area contributed by atoms with Crippen molar-refractivity contribution in [2.24, 2.45) is 0 Å². The Morgan fingerprint density at radius 3 is 2.24 bits per heavy atom. The van der Waals surface area contributed by atoms with Gasteiger partial charge in [-0.05, 0) is 23.6 Å². The molecule has 1 heterocycles. The highest BCUT2D eigenvalue weighted by Gasteiger charge is 2.09. The van der Waals surface area contributed by atoms with E-state index in [1.165, 1.54) is 11.1 Å². The van der Waals surface area contributed by atoms with Crippen molar-refractivity contribution in [1.82, 2.24) is 10.5 Å². The number of aromatic nitrogens is 1. The molecule has 4 heteroatoms. The average Bonchev–Trinajstić information content (AvgIpc) is 3.23. The van der Waals surface area contributed by atoms with E-state index in [1.807, 2.05) is 79.7 Å². The zero-order valence-corrected chi connectivity index (χ0v) is 16.3. The minimum Gasteiger partial charge on any atom is -0.356 e. The third kappa shape index (κ3) is 4.79. The van der Waals surface area contributed by atoms with E-state index in [2.05, 4.69) is 22.6 Å². The minimum absolute atomic E-state index is 0.0441. The lowest BCUT2D eigenvalue weighted by Crippen LogP contribution is -2.24. The first kappa shape index (κ1) is 18.7. The van der Waals surface area contributed by atoms with Gasteiger partial charge in [-0.2, -0.15) is 0 Å². The summed E-state index contributed by atoms with van der Waals surface area (Å²) < 4.78 is 5.40. The van der Waals surface area contributed by atoms with Crippen LogP contribution in [0.1, 0.15) is 16.8 Å². The molecule has 1 amide bonds. The maximum atomic E-state index is 12.3. The van der Waals surface area contributed by atoms with Crippen LogP contribution in [0.4, 0.5) is 0 Å². The predicted molar refractivity (Wildman–Crippen MR) is 114 cm³/mol. The number of benzene rings is 3. The molecule has 0 aliphatic heterocycles. The summed E-state index contributed by atoms with van der Waals surface area (Å²) in [5.74, 6) is 0.656. The molecule has 29 heavy (non-hydrogen) atoms. The second-order valence-electron chi connectivity index (χ2n) is 7.06. The molecule has 0 fully saturated rings. The number of carbonyl (C=O) groups excluding carboxylic acids is 1. The first-order chi connectivity index (χ1) is 14.2. The smallest absolute Gasteiger partial charge is 0.224 e. The van der Waals surface area contributed by atoms with Gasteiger partial charge >= 0.3 is 0 Å². The number of rotatable bonds is 6. The van der Waals surface area contributed by atoms with Gasteiger partial charge in [-0.1, -0.05) is 89.6 Å². The lowest BCUT2D eigenvalue weighted by molar-refractivity contribution is -0.120. The third-order valence-corrected chi connectivity index (χ3v) is 4.79. The molecule has 144 valence electrons. The Bertz CT molecular complexity index is 1080. The molecule has 3 aromatic carbocycles. The molecule has 1 aromatic heterocycles. The molecular weight excluding hydrogens is 360 g/mol. The van der Waals surface area contributed by atoms with Crippen molar-refractivity contribution in [2.45, 2.75) is 19.9 Å². The van der Waals surface area contributed by atoms with Crippen LogP contribution in [-0.2, 0) is 17.8 Å². The van der Waals surface area contributed by atoms with Crippen molar-refractivity contribution >= 4 is 5.91 Å². The standard InChI is InChI=1S/C25H22N2O2/c1-18-7-11-22(12-8-18)24-16-23(27-29-24)17-26-25(28)15-19-9-13-21(14-10-19)20-5-3-2-4-6-20/h2-14,16H,15,17H2,1H3,(H,26,28). The number of amides is 1. The zero-order valence-electron chi connectivity index (χ0n) is 16.3. The van der Waals surface area contributed by atoms with Crippen molar-refractivity contribution in [3.05, 3.63) is 102 Å². The van der Waals surface area contributed by atoms with Crippen LogP contribution in [0.25, 0.3) is 22.5 Å². The normalized spacial score (nSPS) is 10.7. The number of hydrogen-bond acceptors (Lipinski definition) is 3. The first-order valence-corrected chi connectivity index (χ1v) is 9.61. The molecule has 0 saturated heterocycles. The Labute approximate surface area is 170 Å². The first-order valence-electron chi connectivity index (χ1n) is 9.61. The molecule has 0 radical (unpaired) electrons. The van der Waals surface area contributed by atoms with Gasteiger partial charge in [0.05, 0.1) is 13.0 Å². The molecule has 0 aliphatic carbocycles. The summed E-state index contributed by atoms with van der Waals surface area (Å²) in [5.41, 5.74) is 6.15. The van der Waals surface area contributed by atoms with E-state index in [0.717, 1.165) is 16.7 Å². The van der Waals surface area contributed by atoms with Crippen molar-refractivity contribution < 1.29 is 9.32 Å². The molecule has 0 atom stereocenters. The van der Waals surface area contributed by atoms with E-state index in [1.54, 1.807) is 0 Å². The van der Waals surface area contributed by atoms with Gasteiger partial charge in [0.25, 0.3) is 0 Å². The molecule has 0 aliphatic rings. The van der Waals surface area contributed by atoms with E-state index >= 15 is 0 Å². The second kappa shape index (κ2) is 8.57. The van der Waals surface area contributed by atoms with E-state index in [0.29, 0.717) is 24.4 Å². The highest BCUT2D eigenvalue weighted by molar-refractivity contribution is 5.78. The van der Waals surface area contributed by atoms with E-state index < -0.39 is 0 Å². The molecule has 0 saturated carbocycles. The molecule has 4 aromatic rings. The van der Waals surface area contributed by atoms with Crippen LogP contribution in [-0.4, -0.2) is 11.1 Å². The number of nitrogens with zero attached hydrogens (tertiary/aromatic N) is 1. The zero-order chi connectivity index (χ0) is 20.1. The Morgan fingerprint density at radius 2 is 1.52 bits per heavy atom. The van der Waals surface area contributed by atoms with Gasteiger partial charge in [-0.3, -0.25) is 4.79 Å². The summed E-state index contributed by atoms with van der Waals surface area (Å²) in [7, 11) is 0. The van der Waals surface area contributed by atoms with Crippen LogP contribution in [0, 0.1) is 6.92 Å². The van der Waals surface area contributed by atoms with Crippen molar-refractivity contribution in [3.63, 3.8) is 0 Å². The summed E-state index contributed by atoms with van der Waals surface area (Å²) in [6.45, 7) is 2.39. The van der Waals surface area contributed by atoms with Gasteiger partial charge in [-0.15, -0.1) is 0 Å². The van der Waals surface area contributed by atoms with Gasteiger partial charge in [-0.25, -0.2) is 0 Å². The fraction of sp³-hybridized carbons (Fsp3) is 0.120. The number of carbonyl (C=O) groups is 1. The highest BCUT2D eigenvalue weighted by atomic mass is 16.5. The number of nitrogens with one attached hydrogen (secondary N) is 1. The Hall–Kier alpha value is -3.66. The summed E-state index contributed by atoms with van der Waals surface area (Å²) in [4.78, 5) is 12.3. The number of aryl methyl sites for hydroxylation is 1. The molecule has 0 spiro atoms. The summed E-state index contributed by atoms with van der Waals surface area (Å²) in [6, 6.07) is 28.2. The molecule has 0 bridgehead atoms. The van der Waals surface area contributed by atoms with Crippen LogP contribution in [0.3, 0.4) is 0 Å². The Balaban J connectivity index is 1.32. The minimum atomic E-state index is -0.0441. The quantitative estimate of drug-likeness (QED) is 0.500. The monoisotopic (exact) mass is 382 g/mol. The summed E-state index contributed by atoms with van der Waals surface area (Å²) in [5, 5.41) is 6.96. The lowest BCUT2D eigenvalue weighted by atomic mass is 10.0. The fourth-order valence-corrected chi connectivity index (χ4v) is 3.13. The van der Waals surface area contributed by atoms with E-state index in [4.69, 9.17) is 4.52 Å². The summed E-state index contributed by atoms with van der Waals surface area (Å²) >= 11 is 0. The van der Waals surface area contributed by atoms with Gasteiger partial charge in [0.1, 0.15) is 5.69 Å². The molecule has 4 rings (SSSR count). The van der Waals surface area contributed by atoms with Crippen LogP contribution in [0.15, 0.2) is 89.5 Å². The largest absolute Gasteiger partial charge is 0.356 e. The highest BCUT2D eigenvalue weighted by Crippen LogP contribution is 2.21. The maximum Gasteiger partial charge on any atom is 0.224 e. The molecule has 1 N–H and O–H groups in total. The molecular formula is C25H22N2O2. The predicted octanol–water partition coefficient (Wildman–Crippen LogP) is 5.18. The van der Waals surface area contributed by atoms with Crippen molar-refractivity contribution in [1.29, 1.82) is 0 Å². The van der Waals surface area contributed by atoms with Crippen LogP contribution < -0.4 is 5.32 Å². The van der Waals surface area contributed by atoms with Gasteiger partial charge in [0.15, 0.2) is 5.76 Å². The van der Waals surface area contributed by atoms with E-state index in [-0.39, 0.29) is 5.91 Å². The Kier molecular flexibility index (Phi) is 5.52. The third-order valence-electron chi connectivity index (χ3n) is 4.79. The summed E-state index contributed by atoms with van der Waals surface area (Å²) in [6.07, 6.45) is 0.331. The Morgan fingerprint density at radius 1 is 0.862 bits per heavy atom. The topological polar surface area (TPSA) is 55.1 Å². The second-order valence-corrected chi connectivity index (χ2v) is 7.06. The van der Waals surface area contributed by atoms with Crippen LogP contribution >= 0.6 is 0 Å². The van der Waals surface area contributed by atoms with Gasteiger partial charge in [0, 0.05) is 11.6 Å². The number of hydrogen-bond donors (Lipinski definition) is 1. The van der Waals surface area contributed by atoms with Gasteiger partial charge in [0.2, 0.25) is 5.91 Å². The van der Waals surface area contributed by atoms with Crippen LogP contribution in [0.5, 0.6) is 0 Å². The lowest BCUT2D eigenvalue weighted by Gasteiger charge is -2.05. The van der Waals surface area contributed by atoms with Crippen molar-refractivity contribution in [3.8, 4) is 22.5 Å². The van der Waals surface area contributed by atoms with Gasteiger partial charge < -0.3 is 9.84 Å². The average molecular weight is 382 g/mol. The van der Waals surface area contributed by atoms with Crippen molar-refractivity contribution in [2.75, 3.05) is 0 Å². The van der Waals surface area contributed by atoms with E-state index in [9.17, 15) is 4.79 Å².